The molecule has 0 saturated heterocycles. The van der Waals surface area contributed by atoms with Crippen molar-refractivity contribution >= 4 is 22.4 Å². The van der Waals surface area contributed by atoms with E-state index in [2.05, 4.69) is 41.7 Å². The molecule has 6 aromatic carbocycles. The molecule has 1 aliphatic carbocycles. The van der Waals surface area contributed by atoms with Crippen LogP contribution in [0.2, 0.25) is 0 Å². The predicted octanol–water partition coefficient (Wildman–Crippen LogP) is 10.8. The summed E-state index contributed by atoms with van der Waals surface area (Å²) in [6.45, 7) is 0.547. The summed E-state index contributed by atoms with van der Waals surface area (Å²) in [6, 6.07) is 44.8. The highest BCUT2D eigenvalue weighted by Gasteiger charge is 2.34. The molecule has 0 radical (unpaired) electrons. The van der Waals surface area contributed by atoms with Gasteiger partial charge >= 0.3 is 6.18 Å². The number of nitrogens with two attached hydrogens (primary N) is 1. The molecular weight excluding hydrogens is 654 g/mol. The number of hydrogen-bond donors (Lipinski definition) is 3. The van der Waals surface area contributed by atoms with Crippen LogP contribution in [-0.4, -0.2) is 10.8 Å². The number of rotatable bonds is 9. The molecule has 7 heteroatoms. The summed E-state index contributed by atoms with van der Waals surface area (Å²) in [6.07, 6.45) is -2.82. The third kappa shape index (κ3) is 6.65. The van der Waals surface area contributed by atoms with Crippen LogP contribution in [0.15, 0.2) is 140 Å². The van der Waals surface area contributed by atoms with Crippen LogP contribution in [-0.2, 0) is 32.0 Å². The zero-order valence-corrected chi connectivity index (χ0v) is 28.3. The Morgan fingerprint density at radius 2 is 1.40 bits per heavy atom. The number of amidine groups is 1. The molecule has 256 valence electrons. The van der Waals surface area contributed by atoms with Crippen molar-refractivity contribution in [3.63, 3.8) is 0 Å². The number of aromatic nitrogens is 1. The van der Waals surface area contributed by atoms with Gasteiger partial charge in [-0.3, -0.25) is 5.41 Å². The molecule has 0 atom stereocenters. The molecule has 8 rings (SSSR count). The van der Waals surface area contributed by atoms with Crippen LogP contribution >= 0.6 is 0 Å². The number of pyridine rings is 1. The number of nitrogens with zero attached hydrogens (tertiary/aromatic N) is 1. The summed E-state index contributed by atoms with van der Waals surface area (Å²) >= 11 is 0. The molecule has 0 spiro atoms. The largest absolute Gasteiger partial charge is 0.418 e. The minimum Gasteiger partial charge on any atom is -0.387 e. The van der Waals surface area contributed by atoms with Gasteiger partial charge in [0, 0.05) is 29.6 Å². The first-order chi connectivity index (χ1) is 25.2. The summed E-state index contributed by atoms with van der Waals surface area (Å²) in [4.78, 5) is 4.85. The van der Waals surface area contributed by atoms with E-state index in [0.717, 1.165) is 61.8 Å². The normalized spacial score (nSPS) is 12.1. The van der Waals surface area contributed by atoms with Crippen LogP contribution in [0.1, 0.15) is 38.9 Å². The Balaban J connectivity index is 1.25. The van der Waals surface area contributed by atoms with E-state index in [1.54, 1.807) is 6.07 Å². The topological polar surface area (TPSA) is 74.8 Å². The zero-order valence-electron chi connectivity index (χ0n) is 28.3. The minimum atomic E-state index is -4.58. The van der Waals surface area contributed by atoms with Gasteiger partial charge in [-0.25, -0.2) is 4.98 Å². The maximum atomic E-state index is 14.6. The molecule has 0 saturated carbocycles. The second-order valence-electron chi connectivity index (χ2n) is 13.4. The van der Waals surface area contributed by atoms with Crippen LogP contribution in [0.3, 0.4) is 0 Å². The lowest BCUT2D eigenvalue weighted by Crippen LogP contribution is -2.12. The van der Waals surface area contributed by atoms with Crippen molar-refractivity contribution in [3.8, 4) is 33.5 Å². The number of alkyl halides is 3. The number of para-hydroxylation sites is 1. The molecule has 0 fully saturated rings. The summed E-state index contributed by atoms with van der Waals surface area (Å²) < 4.78 is 43.9. The second kappa shape index (κ2) is 13.5. The van der Waals surface area contributed by atoms with Crippen LogP contribution in [0, 0.1) is 5.41 Å². The predicted molar refractivity (Wildman–Crippen MR) is 204 cm³/mol. The Hall–Kier alpha value is -6.21. The molecule has 1 aliphatic rings. The van der Waals surface area contributed by atoms with Gasteiger partial charge in [-0.05, 0) is 98.8 Å². The molecule has 1 heterocycles. The molecule has 1 aromatic heterocycles. The summed E-state index contributed by atoms with van der Waals surface area (Å²) in [5.74, 6) is 0.117. The molecule has 7 aromatic rings. The molecule has 0 aliphatic heterocycles. The Labute approximate surface area is 300 Å². The van der Waals surface area contributed by atoms with Crippen molar-refractivity contribution in [2.75, 3.05) is 5.32 Å². The minimum absolute atomic E-state index is 0.0655. The average molecular weight is 689 g/mol. The van der Waals surface area contributed by atoms with Gasteiger partial charge in [0.25, 0.3) is 0 Å². The first-order valence-corrected chi connectivity index (χ1v) is 17.2. The van der Waals surface area contributed by atoms with E-state index in [0.29, 0.717) is 42.5 Å². The van der Waals surface area contributed by atoms with E-state index in [1.165, 1.54) is 11.6 Å². The molecule has 0 bridgehead atoms. The van der Waals surface area contributed by atoms with Crippen LogP contribution < -0.4 is 11.1 Å². The monoisotopic (exact) mass is 688 g/mol. The first-order valence-electron chi connectivity index (χ1n) is 17.2. The quantitative estimate of drug-likeness (QED) is 0.104. The van der Waals surface area contributed by atoms with Crippen molar-refractivity contribution < 1.29 is 13.2 Å². The Morgan fingerprint density at radius 3 is 2.19 bits per heavy atom. The lowest BCUT2D eigenvalue weighted by molar-refractivity contribution is -0.136. The van der Waals surface area contributed by atoms with E-state index >= 15 is 0 Å². The third-order valence-electron chi connectivity index (χ3n) is 9.74. The van der Waals surface area contributed by atoms with Crippen LogP contribution in [0.25, 0.3) is 44.4 Å². The average Bonchev–Trinajstić information content (AvgIpc) is 3.52. The Kier molecular flexibility index (Phi) is 8.55. The maximum absolute atomic E-state index is 14.6. The smallest absolute Gasteiger partial charge is 0.387 e. The van der Waals surface area contributed by atoms with Crippen molar-refractivity contribution in [1.29, 1.82) is 5.41 Å². The van der Waals surface area contributed by atoms with Gasteiger partial charge in [-0.1, -0.05) is 109 Å². The number of nitrogens with one attached hydrogen (secondary N) is 2. The fraction of sp³-hybridized carbons (Fsp3) is 0.111. The van der Waals surface area contributed by atoms with Gasteiger partial charge < -0.3 is 11.1 Å². The number of fused-ring (bicyclic) bond motifs is 4. The van der Waals surface area contributed by atoms with Gasteiger partial charge in [-0.15, -0.1) is 0 Å². The van der Waals surface area contributed by atoms with Gasteiger partial charge in [0.2, 0.25) is 0 Å². The van der Waals surface area contributed by atoms with Gasteiger partial charge in [0.05, 0.1) is 22.6 Å². The Morgan fingerprint density at radius 1 is 0.673 bits per heavy atom. The molecule has 0 unspecified atom stereocenters. The first kappa shape index (κ1) is 33.0. The lowest BCUT2D eigenvalue weighted by atomic mass is 9.91. The van der Waals surface area contributed by atoms with E-state index in [1.807, 2.05) is 84.9 Å². The fourth-order valence-corrected chi connectivity index (χ4v) is 7.30. The van der Waals surface area contributed by atoms with Gasteiger partial charge in [0.15, 0.2) is 0 Å². The molecular formula is C45H35F3N4. The number of benzene rings is 6. The summed E-state index contributed by atoms with van der Waals surface area (Å²) in [5.41, 5.74) is 17.2. The highest BCUT2D eigenvalue weighted by atomic mass is 19.4. The van der Waals surface area contributed by atoms with Crippen molar-refractivity contribution in [2.24, 2.45) is 5.73 Å². The maximum Gasteiger partial charge on any atom is 0.418 e. The molecule has 52 heavy (non-hydrogen) atoms. The van der Waals surface area contributed by atoms with Gasteiger partial charge in [0.1, 0.15) is 0 Å². The van der Waals surface area contributed by atoms with Crippen LogP contribution in [0.4, 0.5) is 18.9 Å². The van der Waals surface area contributed by atoms with Crippen molar-refractivity contribution in [2.45, 2.75) is 32.0 Å². The van der Waals surface area contributed by atoms with E-state index in [4.69, 9.17) is 16.1 Å². The van der Waals surface area contributed by atoms with Crippen LogP contribution in [0.5, 0.6) is 0 Å². The highest BCUT2D eigenvalue weighted by molar-refractivity contribution is 5.99. The summed E-state index contributed by atoms with van der Waals surface area (Å²) in [7, 11) is 0. The highest BCUT2D eigenvalue weighted by Crippen LogP contribution is 2.45. The molecule has 0 amide bonds. The zero-order chi connectivity index (χ0) is 35.8. The number of hydrogen-bond acceptors (Lipinski definition) is 3. The molecule has 4 N–H and O–H groups in total. The van der Waals surface area contributed by atoms with E-state index < -0.39 is 11.7 Å². The Bertz CT molecular complexity index is 2450. The van der Waals surface area contributed by atoms with E-state index in [9.17, 15) is 13.2 Å². The lowest BCUT2D eigenvalue weighted by Gasteiger charge is -2.18. The van der Waals surface area contributed by atoms with Crippen molar-refractivity contribution in [3.05, 3.63) is 178 Å². The number of halogens is 3. The number of anilines is 1. The van der Waals surface area contributed by atoms with Gasteiger partial charge in [-0.2, -0.15) is 13.2 Å². The standard InChI is InChI=1S/C45H35F3N4/c46-45(47,48)41-15-7-14-36-37(32-11-6-12-34(24-32)51-27-30-18-16-29(17-19-30)23-43(49)50)26-42(52-44(36)41)40-22-31(20-28-8-2-1-3-9-28)21-38-35-13-5-4-10-33(35)25-39(38)40/h1-19,21-22,24,26,51H,20,23,25,27H2,(H3,49,50). The SMILES string of the molecule is N=C(N)Cc1ccc(CNc2cccc(-c3cc(-c4cc(Cc5ccccc5)cc5c4Cc4ccccc4-5)nc4c(C(F)(F)F)cccc34)c2)cc1. The summed E-state index contributed by atoms with van der Waals surface area (Å²) in [5, 5.41) is 11.5. The fourth-order valence-electron chi connectivity index (χ4n) is 7.30. The van der Waals surface area contributed by atoms with E-state index in [-0.39, 0.29) is 11.4 Å². The van der Waals surface area contributed by atoms with Crippen molar-refractivity contribution in [1.82, 2.24) is 4.98 Å². The molecule has 4 nitrogen and oxygen atoms in total. The second-order valence-corrected chi connectivity index (χ2v) is 13.4. The third-order valence-corrected chi connectivity index (χ3v) is 9.74.